The molecule has 4 nitrogen and oxygen atoms in total. The van der Waals surface area contributed by atoms with E-state index in [2.05, 4.69) is 17.6 Å². The predicted molar refractivity (Wildman–Crippen MR) is 107 cm³/mol. The van der Waals surface area contributed by atoms with E-state index in [-0.39, 0.29) is 24.4 Å². The Morgan fingerprint density at radius 1 is 1.23 bits per heavy atom. The molecule has 140 valence electrons. The fraction of sp³-hybridized carbons (Fsp3) is 0.381. The molecule has 1 amide bonds. The number of carbonyl (C=O) groups excluding carboxylic acids is 1. The molecule has 2 unspecified atom stereocenters. The molecule has 2 atom stereocenters. The van der Waals surface area contributed by atoms with Gasteiger partial charge in [-0.05, 0) is 62.5 Å². The Morgan fingerprint density at radius 3 is 2.77 bits per heavy atom. The smallest absolute Gasteiger partial charge is 0.251 e. The molecule has 2 N–H and O–H groups in total. The largest absolute Gasteiger partial charge is 0.489 e. The number of carbonyl (C=O) groups is 1. The first kappa shape index (κ1) is 20.3. The van der Waals surface area contributed by atoms with Crippen molar-refractivity contribution in [3.05, 3.63) is 65.7 Å². The summed E-state index contributed by atoms with van der Waals surface area (Å²) in [6.07, 6.45) is 2.34. The molecule has 0 aromatic heterocycles. The van der Waals surface area contributed by atoms with Gasteiger partial charge in [-0.3, -0.25) is 4.79 Å². The summed E-state index contributed by atoms with van der Waals surface area (Å²) in [5, 5.41) is 6.53. The molecule has 0 spiro atoms. The van der Waals surface area contributed by atoms with Crippen LogP contribution in [0.15, 0.2) is 54.6 Å². The first-order chi connectivity index (χ1) is 12.2. The lowest BCUT2D eigenvalue weighted by Gasteiger charge is -2.29. The minimum absolute atomic E-state index is 0. The number of nitrogens with one attached hydrogen (secondary N) is 2. The number of hydrogen-bond donors (Lipinski definition) is 2. The summed E-state index contributed by atoms with van der Waals surface area (Å²) in [5.41, 5.74) is 1.75. The molecule has 0 saturated carbocycles. The highest BCUT2D eigenvalue weighted by atomic mass is 35.5. The zero-order chi connectivity index (χ0) is 17.5. The zero-order valence-electron chi connectivity index (χ0n) is 15.1. The van der Waals surface area contributed by atoms with E-state index in [1.54, 1.807) is 0 Å². The van der Waals surface area contributed by atoms with Gasteiger partial charge in [-0.2, -0.15) is 0 Å². The van der Waals surface area contributed by atoms with Gasteiger partial charge in [0.15, 0.2) is 0 Å². The van der Waals surface area contributed by atoms with Crippen molar-refractivity contribution in [3.63, 3.8) is 0 Å². The van der Waals surface area contributed by atoms with Crippen molar-refractivity contribution in [3.8, 4) is 5.75 Å². The number of hydrogen-bond acceptors (Lipinski definition) is 3. The van der Waals surface area contributed by atoms with Crippen molar-refractivity contribution < 1.29 is 9.53 Å². The maximum atomic E-state index is 12.5. The minimum atomic E-state index is -0.0387. The Balaban J connectivity index is 0.00000243. The summed E-state index contributed by atoms with van der Waals surface area (Å²) in [6.45, 7) is 4.64. The monoisotopic (exact) mass is 374 g/mol. The summed E-state index contributed by atoms with van der Waals surface area (Å²) < 4.78 is 5.81. The van der Waals surface area contributed by atoms with Crippen molar-refractivity contribution in [2.75, 3.05) is 13.1 Å². The molecule has 2 aromatic rings. The summed E-state index contributed by atoms with van der Waals surface area (Å²) in [6, 6.07) is 17.6. The Kier molecular flexibility index (Phi) is 7.95. The third kappa shape index (κ3) is 5.75. The highest BCUT2D eigenvalue weighted by molar-refractivity contribution is 5.94. The van der Waals surface area contributed by atoms with E-state index >= 15 is 0 Å². The maximum absolute atomic E-state index is 12.5. The van der Waals surface area contributed by atoms with Crippen molar-refractivity contribution in [1.82, 2.24) is 10.6 Å². The summed E-state index contributed by atoms with van der Waals surface area (Å²) in [7, 11) is 0. The number of ether oxygens (including phenoxy) is 1. The number of piperidine rings is 1. The molecule has 26 heavy (non-hydrogen) atoms. The van der Waals surface area contributed by atoms with Crippen LogP contribution in [0.5, 0.6) is 5.75 Å². The van der Waals surface area contributed by atoms with Crippen LogP contribution in [0.2, 0.25) is 0 Å². The molecular weight excluding hydrogens is 348 g/mol. The third-order valence-corrected chi connectivity index (χ3v) is 4.75. The molecule has 1 aliphatic rings. The molecule has 0 aliphatic carbocycles. The van der Waals surface area contributed by atoms with Crippen LogP contribution in [0.1, 0.15) is 35.7 Å². The second-order valence-corrected chi connectivity index (χ2v) is 6.67. The first-order valence-electron chi connectivity index (χ1n) is 9.01. The third-order valence-electron chi connectivity index (χ3n) is 4.75. The van der Waals surface area contributed by atoms with E-state index in [1.165, 1.54) is 6.42 Å². The van der Waals surface area contributed by atoms with Gasteiger partial charge in [-0.25, -0.2) is 0 Å². The van der Waals surface area contributed by atoms with Gasteiger partial charge in [0.25, 0.3) is 5.91 Å². The van der Waals surface area contributed by atoms with Crippen LogP contribution in [0.4, 0.5) is 0 Å². The highest BCUT2D eigenvalue weighted by Gasteiger charge is 2.21. The van der Waals surface area contributed by atoms with Crippen molar-refractivity contribution in [2.45, 2.75) is 32.4 Å². The summed E-state index contributed by atoms with van der Waals surface area (Å²) in [4.78, 5) is 12.5. The summed E-state index contributed by atoms with van der Waals surface area (Å²) in [5.74, 6) is 1.17. The number of amides is 1. The Morgan fingerprint density at radius 2 is 2.04 bits per heavy atom. The lowest BCUT2D eigenvalue weighted by atomic mass is 9.92. The van der Waals surface area contributed by atoms with Crippen LogP contribution in [-0.2, 0) is 6.61 Å². The van der Waals surface area contributed by atoms with Gasteiger partial charge in [0.05, 0.1) is 0 Å². The predicted octanol–water partition coefficient (Wildman–Crippen LogP) is 3.81. The lowest BCUT2D eigenvalue weighted by Crippen LogP contribution is -2.44. The molecule has 3 rings (SSSR count). The van der Waals surface area contributed by atoms with Crippen LogP contribution >= 0.6 is 12.4 Å². The van der Waals surface area contributed by atoms with E-state index in [0.29, 0.717) is 23.8 Å². The van der Waals surface area contributed by atoms with Crippen LogP contribution in [-0.4, -0.2) is 25.0 Å². The molecule has 0 bridgehead atoms. The number of rotatable bonds is 6. The molecule has 1 fully saturated rings. The van der Waals surface area contributed by atoms with E-state index in [4.69, 9.17) is 4.74 Å². The van der Waals surface area contributed by atoms with Crippen molar-refractivity contribution in [1.29, 1.82) is 0 Å². The lowest BCUT2D eigenvalue weighted by molar-refractivity contribution is 0.0921. The quantitative estimate of drug-likeness (QED) is 0.808. The van der Waals surface area contributed by atoms with Gasteiger partial charge in [0, 0.05) is 11.6 Å². The van der Waals surface area contributed by atoms with Gasteiger partial charge in [-0.1, -0.05) is 36.4 Å². The molecular formula is C21H27ClN2O2. The number of halogens is 1. The average molecular weight is 375 g/mol. The average Bonchev–Trinajstić information content (AvgIpc) is 2.68. The maximum Gasteiger partial charge on any atom is 0.251 e. The van der Waals surface area contributed by atoms with E-state index in [0.717, 1.165) is 25.1 Å². The van der Waals surface area contributed by atoms with E-state index in [1.807, 2.05) is 54.6 Å². The Labute approximate surface area is 161 Å². The molecule has 0 radical (unpaired) electrons. The van der Waals surface area contributed by atoms with E-state index in [9.17, 15) is 4.79 Å². The molecule has 1 heterocycles. The fourth-order valence-electron chi connectivity index (χ4n) is 3.18. The molecule has 5 heteroatoms. The van der Waals surface area contributed by atoms with Gasteiger partial charge >= 0.3 is 0 Å². The van der Waals surface area contributed by atoms with Crippen LogP contribution in [0, 0.1) is 5.92 Å². The fourth-order valence-corrected chi connectivity index (χ4v) is 3.18. The van der Waals surface area contributed by atoms with E-state index < -0.39 is 0 Å². The Bertz CT molecular complexity index is 687. The van der Waals surface area contributed by atoms with Crippen LogP contribution in [0.25, 0.3) is 0 Å². The SMILES string of the molecule is CC(NC(=O)c1cccc(OCc2ccccc2)c1)C1CCCNC1.Cl. The minimum Gasteiger partial charge on any atom is -0.489 e. The van der Waals surface area contributed by atoms with Crippen molar-refractivity contribution >= 4 is 18.3 Å². The Hall–Kier alpha value is -2.04. The number of benzene rings is 2. The normalized spacial score (nSPS) is 17.7. The van der Waals surface area contributed by atoms with Gasteiger partial charge in [-0.15, -0.1) is 12.4 Å². The topological polar surface area (TPSA) is 50.4 Å². The first-order valence-corrected chi connectivity index (χ1v) is 9.01. The molecule has 1 aliphatic heterocycles. The van der Waals surface area contributed by atoms with Gasteiger partial charge < -0.3 is 15.4 Å². The van der Waals surface area contributed by atoms with Gasteiger partial charge in [0.2, 0.25) is 0 Å². The van der Waals surface area contributed by atoms with Gasteiger partial charge in [0.1, 0.15) is 12.4 Å². The highest BCUT2D eigenvalue weighted by Crippen LogP contribution is 2.17. The second-order valence-electron chi connectivity index (χ2n) is 6.67. The second kappa shape index (κ2) is 10.2. The standard InChI is InChI=1S/C21H26N2O2.ClH/c1-16(19-10-6-12-22-14-19)23-21(24)18-9-5-11-20(13-18)25-15-17-7-3-2-4-8-17;/h2-5,7-9,11,13,16,19,22H,6,10,12,14-15H2,1H3,(H,23,24);1H. The van der Waals surface area contributed by atoms with Crippen LogP contribution in [0.3, 0.4) is 0 Å². The molecule has 2 aromatic carbocycles. The van der Waals surface area contributed by atoms with Crippen LogP contribution < -0.4 is 15.4 Å². The zero-order valence-corrected chi connectivity index (χ0v) is 15.9. The van der Waals surface area contributed by atoms with Crippen molar-refractivity contribution in [2.24, 2.45) is 5.92 Å². The molecule has 1 saturated heterocycles. The summed E-state index contributed by atoms with van der Waals surface area (Å²) >= 11 is 0.